The van der Waals surface area contributed by atoms with Crippen LogP contribution in [0, 0.1) is 0 Å². The molecule has 0 N–H and O–H groups in total. The highest BCUT2D eigenvalue weighted by Gasteiger charge is 2.49. The predicted molar refractivity (Wildman–Crippen MR) is 71.6 cm³/mol. The Balaban J connectivity index is 2.02. The van der Waals surface area contributed by atoms with Crippen molar-refractivity contribution in [1.82, 2.24) is 4.90 Å². The van der Waals surface area contributed by atoms with Crippen molar-refractivity contribution < 1.29 is 30.6 Å². The van der Waals surface area contributed by atoms with Crippen molar-refractivity contribution >= 4 is 16.3 Å². The lowest BCUT2D eigenvalue weighted by atomic mass is 10.2. The molecule has 1 amide bonds. The van der Waals surface area contributed by atoms with E-state index in [9.17, 15) is 25.9 Å². The van der Waals surface area contributed by atoms with Gasteiger partial charge in [-0.2, -0.15) is 8.42 Å². The van der Waals surface area contributed by atoms with Crippen LogP contribution in [0.15, 0.2) is 30.3 Å². The summed E-state index contributed by atoms with van der Waals surface area (Å²) >= 11 is 0. The van der Waals surface area contributed by atoms with Crippen molar-refractivity contribution in [3.05, 3.63) is 35.9 Å². The van der Waals surface area contributed by atoms with Gasteiger partial charge in [0.05, 0.1) is 12.6 Å². The molecule has 0 spiro atoms. The molecule has 0 aliphatic carbocycles. The van der Waals surface area contributed by atoms with Gasteiger partial charge in [0.1, 0.15) is 12.4 Å². The standard InChI is InChI=1S/C13H14F3NO4S/c14-13(15)6-11(8-22(16,19)20)17(9-13)12(18)21-7-10-4-2-1-3-5-10/h1-5,11H,6-9H2. The Kier molecular flexibility index (Phi) is 4.64. The number of ether oxygens (including phenoxy) is 1. The van der Waals surface area contributed by atoms with Gasteiger partial charge >= 0.3 is 16.3 Å². The Morgan fingerprint density at radius 1 is 1.32 bits per heavy atom. The van der Waals surface area contributed by atoms with Crippen molar-refractivity contribution in [2.24, 2.45) is 0 Å². The second kappa shape index (κ2) is 6.15. The molecule has 1 saturated heterocycles. The van der Waals surface area contributed by atoms with Gasteiger partial charge in [-0.15, -0.1) is 3.89 Å². The lowest BCUT2D eigenvalue weighted by Crippen LogP contribution is -2.39. The summed E-state index contributed by atoms with van der Waals surface area (Å²) in [6.45, 7) is -1.13. The topological polar surface area (TPSA) is 63.7 Å². The van der Waals surface area contributed by atoms with Crippen LogP contribution in [0.4, 0.5) is 17.5 Å². The molecule has 1 unspecified atom stereocenters. The summed E-state index contributed by atoms with van der Waals surface area (Å²) < 4.78 is 65.7. The molecule has 1 heterocycles. The van der Waals surface area contributed by atoms with Crippen LogP contribution in [0.25, 0.3) is 0 Å². The van der Waals surface area contributed by atoms with Gasteiger partial charge in [0.25, 0.3) is 5.92 Å². The van der Waals surface area contributed by atoms with E-state index in [2.05, 4.69) is 0 Å². The summed E-state index contributed by atoms with van der Waals surface area (Å²) in [5.74, 6) is -4.43. The van der Waals surface area contributed by atoms with Crippen LogP contribution in [0.2, 0.25) is 0 Å². The van der Waals surface area contributed by atoms with Gasteiger partial charge in [-0.1, -0.05) is 30.3 Å². The van der Waals surface area contributed by atoms with Gasteiger partial charge in [0, 0.05) is 6.42 Å². The van der Waals surface area contributed by atoms with E-state index >= 15 is 0 Å². The average Bonchev–Trinajstić information content (AvgIpc) is 2.70. The van der Waals surface area contributed by atoms with Crippen molar-refractivity contribution in [3.8, 4) is 0 Å². The van der Waals surface area contributed by atoms with Crippen LogP contribution in [0.1, 0.15) is 12.0 Å². The average molecular weight is 337 g/mol. The predicted octanol–water partition coefficient (Wildman–Crippen LogP) is 2.33. The molecule has 0 radical (unpaired) electrons. The normalized spacial score (nSPS) is 20.9. The maximum Gasteiger partial charge on any atom is 0.410 e. The van der Waals surface area contributed by atoms with Crippen LogP contribution < -0.4 is 0 Å². The highest BCUT2D eigenvalue weighted by atomic mass is 32.3. The highest BCUT2D eigenvalue weighted by molar-refractivity contribution is 7.86. The molecule has 0 saturated carbocycles. The lowest BCUT2D eigenvalue weighted by molar-refractivity contribution is 0.0101. The summed E-state index contributed by atoms with van der Waals surface area (Å²) in [5, 5.41) is 0. The molecule has 2 rings (SSSR count). The summed E-state index contributed by atoms with van der Waals surface area (Å²) in [6.07, 6.45) is -1.99. The number of rotatable bonds is 4. The maximum atomic E-state index is 13.4. The van der Waals surface area contributed by atoms with E-state index < -0.39 is 47.0 Å². The Morgan fingerprint density at radius 2 is 1.95 bits per heavy atom. The van der Waals surface area contributed by atoms with Crippen molar-refractivity contribution in [2.45, 2.75) is 25.0 Å². The van der Waals surface area contributed by atoms with Crippen molar-refractivity contribution in [2.75, 3.05) is 12.3 Å². The molecule has 5 nitrogen and oxygen atoms in total. The molecular formula is C13H14F3NO4S. The fourth-order valence-electron chi connectivity index (χ4n) is 2.29. The van der Waals surface area contributed by atoms with Crippen LogP contribution in [-0.2, 0) is 21.6 Å². The number of carbonyl (C=O) groups is 1. The number of carbonyl (C=O) groups excluding carboxylic acids is 1. The van der Waals surface area contributed by atoms with Crippen LogP contribution in [0.5, 0.6) is 0 Å². The van der Waals surface area contributed by atoms with Gasteiger partial charge in [0.15, 0.2) is 0 Å². The fraction of sp³-hybridized carbons (Fsp3) is 0.462. The highest BCUT2D eigenvalue weighted by Crippen LogP contribution is 2.33. The molecule has 122 valence electrons. The zero-order valence-electron chi connectivity index (χ0n) is 11.4. The third-order valence-corrected chi connectivity index (χ3v) is 3.99. The van der Waals surface area contributed by atoms with Gasteiger partial charge < -0.3 is 4.74 Å². The molecule has 1 atom stereocenters. The van der Waals surface area contributed by atoms with E-state index in [4.69, 9.17) is 4.74 Å². The molecule has 0 bridgehead atoms. The van der Waals surface area contributed by atoms with E-state index in [-0.39, 0.29) is 6.61 Å². The van der Waals surface area contributed by atoms with Gasteiger partial charge in [-0.3, -0.25) is 4.90 Å². The first kappa shape index (κ1) is 16.6. The summed E-state index contributed by atoms with van der Waals surface area (Å²) in [6, 6.07) is 7.10. The molecule has 1 aromatic rings. The van der Waals surface area contributed by atoms with Crippen LogP contribution >= 0.6 is 0 Å². The first-order valence-corrected chi connectivity index (χ1v) is 7.99. The number of halogens is 3. The quantitative estimate of drug-likeness (QED) is 0.791. The van der Waals surface area contributed by atoms with E-state index in [0.717, 1.165) is 0 Å². The minimum absolute atomic E-state index is 0.142. The molecule has 22 heavy (non-hydrogen) atoms. The molecule has 1 aliphatic rings. The van der Waals surface area contributed by atoms with Crippen LogP contribution in [-0.4, -0.2) is 43.7 Å². The minimum atomic E-state index is -4.97. The third kappa shape index (κ3) is 4.62. The van der Waals surface area contributed by atoms with E-state index in [1.807, 2.05) is 0 Å². The zero-order chi connectivity index (χ0) is 16.4. The third-order valence-electron chi connectivity index (χ3n) is 3.21. The Bertz CT molecular complexity index is 636. The Hall–Kier alpha value is -1.77. The Labute approximate surface area is 125 Å². The van der Waals surface area contributed by atoms with E-state index in [1.165, 1.54) is 0 Å². The monoisotopic (exact) mass is 337 g/mol. The van der Waals surface area contributed by atoms with Gasteiger partial charge in [-0.05, 0) is 5.56 Å². The van der Waals surface area contributed by atoms with E-state index in [1.54, 1.807) is 30.3 Å². The van der Waals surface area contributed by atoms with Gasteiger partial charge in [0.2, 0.25) is 0 Å². The molecule has 1 aromatic carbocycles. The first-order chi connectivity index (χ1) is 10.2. The number of alkyl halides is 2. The van der Waals surface area contributed by atoms with Gasteiger partial charge in [-0.25, -0.2) is 13.6 Å². The lowest BCUT2D eigenvalue weighted by Gasteiger charge is -2.21. The fourth-order valence-corrected chi connectivity index (χ4v) is 3.05. The second-order valence-electron chi connectivity index (χ2n) is 5.09. The number of amides is 1. The summed E-state index contributed by atoms with van der Waals surface area (Å²) in [5.41, 5.74) is 0.650. The number of benzene rings is 1. The smallest absolute Gasteiger partial charge is 0.410 e. The minimum Gasteiger partial charge on any atom is -0.445 e. The number of nitrogens with zero attached hydrogens (tertiary/aromatic N) is 1. The van der Waals surface area contributed by atoms with E-state index in [0.29, 0.717) is 10.5 Å². The zero-order valence-corrected chi connectivity index (χ0v) is 12.2. The maximum absolute atomic E-state index is 13.4. The summed E-state index contributed by atoms with van der Waals surface area (Å²) in [7, 11) is -4.97. The SMILES string of the molecule is O=C(OCc1ccccc1)N1CC(F)(F)CC1CS(=O)(=O)F. The van der Waals surface area contributed by atoms with Crippen molar-refractivity contribution in [3.63, 3.8) is 0 Å². The molecule has 1 fully saturated rings. The number of likely N-dealkylation sites (tertiary alicyclic amines) is 1. The van der Waals surface area contributed by atoms with Crippen molar-refractivity contribution in [1.29, 1.82) is 0 Å². The first-order valence-electron chi connectivity index (χ1n) is 6.44. The summed E-state index contributed by atoms with van der Waals surface area (Å²) in [4.78, 5) is 12.4. The Morgan fingerprint density at radius 3 is 2.55 bits per heavy atom. The largest absolute Gasteiger partial charge is 0.445 e. The molecule has 0 aromatic heterocycles. The molecular weight excluding hydrogens is 323 g/mol. The number of hydrogen-bond acceptors (Lipinski definition) is 4. The van der Waals surface area contributed by atoms with Crippen LogP contribution in [0.3, 0.4) is 0 Å². The molecule has 1 aliphatic heterocycles. The molecule has 9 heteroatoms. The second-order valence-corrected chi connectivity index (χ2v) is 6.50. The number of hydrogen-bond donors (Lipinski definition) is 0.